The number of rotatable bonds is 3. The van der Waals surface area contributed by atoms with Crippen LogP contribution in [0.2, 0.25) is 5.02 Å². The summed E-state index contributed by atoms with van der Waals surface area (Å²) < 4.78 is 4.91. The van der Waals surface area contributed by atoms with Crippen LogP contribution in [0.25, 0.3) is 0 Å². The van der Waals surface area contributed by atoms with E-state index in [9.17, 15) is 0 Å². The van der Waals surface area contributed by atoms with Crippen molar-refractivity contribution in [2.75, 3.05) is 5.73 Å². The molecule has 0 unspecified atom stereocenters. The molecule has 0 aliphatic rings. The zero-order chi connectivity index (χ0) is 8.97. The van der Waals surface area contributed by atoms with Gasteiger partial charge in [-0.3, -0.25) is 0 Å². The molecule has 1 aromatic rings. The van der Waals surface area contributed by atoms with Gasteiger partial charge in [-0.1, -0.05) is 17.7 Å². The Morgan fingerprint density at radius 2 is 2.33 bits per heavy atom. The number of thiocarbonyl (C=S) groups is 1. The van der Waals surface area contributed by atoms with Crippen molar-refractivity contribution in [2.24, 2.45) is 0 Å². The van der Waals surface area contributed by atoms with Crippen LogP contribution < -0.4 is 5.73 Å². The van der Waals surface area contributed by atoms with Crippen LogP contribution in [0.3, 0.4) is 0 Å². The summed E-state index contributed by atoms with van der Waals surface area (Å²) in [5, 5.41) is 0.624. The molecule has 0 spiro atoms. The third-order valence-corrected chi connectivity index (χ3v) is 1.79. The molecule has 0 bridgehead atoms. The predicted molar refractivity (Wildman–Crippen MR) is 54.3 cm³/mol. The monoisotopic (exact) mass is 201 g/mol. The molecule has 2 nitrogen and oxygen atoms in total. The molecular weight excluding hydrogens is 194 g/mol. The zero-order valence-electron chi connectivity index (χ0n) is 6.29. The van der Waals surface area contributed by atoms with Gasteiger partial charge in [0.2, 0.25) is 0 Å². The second-order valence-corrected chi connectivity index (χ2v) is 2.88. The van der Waals surface area contributed by atoms with Gasteiger partial charge in [0.25, 0.3) is 0 Å². The highest BCUT2D eigenvalue weighted by Gasteiger charge is 1.98. The Labute approximate surface area is 81.3 Å². The van der Waals surface area contributed by atoms with E-state index in [2.05, 4.69) is 12.2 Å². The summed E-state index contributed by atoms with van der Waals surface area (Å²) in [7, 11) is 0. The number of nitrogen functional groups attached to an aromatic ring is 1. The van der Waals surface area contributed by atoms with Crippen molar-refractivity contribution >= 4 is 35.1 Å². The van der Waals surface area contributed by atoms with E-state index in [-0.39, 0.29) is 0 Å². The van der Waals surface area contributed by atoms with E-state index < -0.39 is 0 Å². The van der Waals surface area contributed by atoms with Crippen LogP contribution in [0.4, 0.5) is 5.69 Å². The van der Waals surface area contributed by atoms with Crippen LogP contribution in [-0.4, -0.2) is 5.55 Å². The molecule has 12 heavy (non-hydrogen) atoms. The summed E-state index contributed by atoms with van der Waals surface area (Å²) in [6, 6.07) is 5.26. The lowest BCUT2D eigenvalue weighted by Crippen LogP contribution is -1.96. The summed E-state index contributed by atoms with van der Waals surface area (Å²) in [5.41, 5.74) is 8.38. The maximum absolute atomic E-state index is 5.70. The molecule has 0 atom stereocenters. The Kier molecular flexibility index (Phi) is 3.31. The van der Waals surface area contributed by atoms with Gasteiger partial charge in [-0.2, -0.15) is 0 Å². The first kappa shape index (κ1) is 9.29. The highest BCUT2D eigenvalue weighted by Crippen LogP contribution is 2.18. The van der Waals surface area contributed by atoms with E-state index in [4.69, 9.17) is 22.1 Å². The molecule has 0 fully saturated rings. The molecule has 1 aromatic carbocycles. The average molecular weight is 202 g/mol. The molecule has 64 valence electrons. The van der Waals surface area contributed by atoms with Crippen molar-refractivity contribution in [3.8, 4) is 0 Å². The Morgan fingerprint density at radius 1 is 1.58 bits per heavy atom. The fourth-order valence-electron chi connectivity index (χ4n) is 0.821. The Balaban J connectivity index is 2.78. The molecule has 0 aliphatic heterocycles. The normalized spacial score (nSPS) is 9.42. The molecule has 2 N–H and O–H groups in total. The number of nitrogens with two attached hydrogens (primary N) is 1. The summed E-state index contributed by atoms with van der Waals surface area (Å²) in [5.74, 6) is 0. The van der Waals surface area contributed by atoms with Crippen LogP contribution in [0.15, 0.2) is 18.2 Å². The van der Waals surface area contributed by atoms with Crippen LogP contribution in [0, 0.1) is 0 Å². The first-order valence-electron chi connectivity index (χ1n) is 3.33. The molecule has 0 amide bonds. The molecule has 1 rings (SSSR count). The minimum absolute atomic E-state index is 0.395. The fraction of sp³-hybridized carbons (Fsp3) is 0.125. The van der Waals surface area contributed by atoms with Gasteiger partial charge in [0, 0.05) is 16.3 Å². The van der Waals surface area contributed by atoms with Gasteiger partial charge in [0.05, 0.1) is 0 Å². The zero-order valence-corrected chi connectivity index (χ0v) is 7.86. The second kappa shape index (κ2) is 4.28. The lowest BCUT2D eigenvalue weighted by atomic mass is 10.2. The molecule has 0 heterocycles. The molecule has 0 saturated heterocycles. The first-order valence-corrected chi connectivity index (χ1v) is 4.18. The predicted octanol–water partition coefficient (Wildman–Crippen LogP) is 2.40. The van der Waals surface area contributed by atoms with Crippen molar-refractivity contribution in [3.05, 3.63) is 28.8 Å². The van der Waals surface area contributed by atoms with Crippen LogP contribution in [-0.2, 0) is 11.3 Å². The number of anilines is 1. The molecular formula is C8H8ClNOS. The standard InChI is InChI=1S/C8H8ClNOS/c9-7-2-1-6(4-11-5-12)8(10)3-7/h1-3,5H,4,10H2. The number of ether oxygens (including phenoxy) is 1. The van der Waals surface area contributed by atoms with E-state index in [1.807, 2.05) is 6.07 Å². The van der Waals surface area contributed by atoms with Crippen LogP contribution in [0.1, 0.15) is 5.56 Å². The minimum Gasteiger partial charge on any atom is -0.485 e. The van der Waals surface area contributed by atoms with E-state index >= 15 is 0 Å². The quantitative estimate of drug-likeness (QED) is 0.603. The molecule has 0 saturated carbocycles. The highest BCUT2D eigenvalue weighted by atomic mass is 35.5. The Morgan fingerprint density at radius 3 is 2.92 bits per heavy atom. The fourth-order valence-corrected chi connectivity index (χ4v) is 1.07. The maximum Gasteiger partial charge on any atom is 0.146 e. The lowest BCUT2D eigenvalue weighted by molar-refractivity contribution is 0.316. The topological polar surface area (TPSA) is 35.2 Å². The number of hydrogen-bond acceptors (Lipinski definition) is 3. The van der Waals surface area contributed by atoms with Gasteiger partial charge in [-0.25, -0.2) is 0 Å². The second-order valence-electron chi connectivity index (χ2n) is 2.25. The van der Waals surface area contributed by atoms with Gasteiger partial charge in [-0.15, -0.1) is 0 Å². The van der Waals surface area contributed by atoms with Gasteiger partial charge in [0.15, 0.2) is 0 Å². The van der Waals surface area contributed by atoms with E-state index in [1.165, 1.54) is 5.55 Å². The van der Waals surface area contributed by atoms with E-state index in [0.29, 0.717) is 17.3 Å². The van der Waals surface area contributed by atoms with Crippen molar-refractivity contribution in [2.45, 2.75) is 6.61 Å². The molecule has 4 heteroatoms. The minimum atomic E-state index is 0.395. The number of halogens is 1. The van der Waals surface area contributed by atoms with Crippen LogP contribution >= 0.6 is 23.8 Å². The van der Waals surface area contributed by atoms with Crippen molar-refractivity contribution in [3.63, 3.8) is 0 Å². The average Bonchev–Trinajstić information content (AvgIpc) is 2.03. The molecule has 0 aromatic heterocycles. The largest absolute Gasteiger partial charge is 0.485 e. The van der Waals surface area contributed by atoms with Gasteiger partial charge in [-0.05, 0) is 24.4 Å². The Bertz CT molecular complexity index is 290. The van der Waals surface area contributed by atoms with Crippen molar-refractivity contribution in [1.82, 2.24) is 0 Å². The smallest absolute Gasteiger partial charge is 0.146 e. The SMILES string of the molecule is Nc1cc(Cl)ccc1COC=S. The van der Waals surface area contributed by atoms with Crippen molar-refractivity contribution < 1.29 is 4.74 Å². The third-order valence-electron chi connectivity index (χ3n) is 1.41. The van der Waals surface area contributed by atoms with Gasteiger partial charge < -0.3 is 10.5 Å². The third kappa shape index (κ3) is 2.36. The summed E-state index contributed by atoms with van der Waals surface area (Å²) in [4.78, 5) is 0. The van der Waals surface area contributed by atoms with Gasteiger partial charge in [0.1, 0.15) is 12.2 Å². The maximum atomic E-state index is 5.70. The van der Waals surface area contributed by atoms with Gasteiger partial charge >= 0.3 is 0 Å². The lowest BCUT2D eigenvalue weighted by Gasteiger charge is -2.04. The summed E-state index contributed by atoms with van der Waals surface area (Å²) in [6.45, 7) is 0.395. The number of hydrogen-bond donors (Lipinski definition) is 1. The summed E-state index contributed by atoms with van der Waals surface area (Å²) >= 11 is 10.2. The molecule has 0 radical (unpaired) electrons. The first-order chi connectivity index (χ1) is 5.74. The molecule has 0 aliphatic carbocycles. The summed E-state index contributed by atoms with van der Waals surface area (Å²) in [6.07, 6.45) is 0. The van der Waals surface area contributed by atoms with Crippen LogP contribution in [0.5, 0.6) is 0 Å². The van der Waals surface area contributed by atoms with Crippen molar-refractivity contribution in [1.29, 1.82) is 0 Å². The highest BCUT2D eigenvalue weighted by molar-refractivity contribution is 7.78. The van der Waals surface area contributed by atoms with E-state index in [0.717, 1.165) is 5.56 Å². The number of benzene rings is 1. The van der Waals surface area contributed by atoms with E-state index in [1.54, 1.807) is 12.1 Å². The Hall–Kier alpha value is -0.800.